The predicted molar refractivity (Wildman–Crippen MR) is 104 cm³/mol. The number of nitrogens with zero attached hydrogens (tertiary/aromatic N) is 3. The molecule has 6 heteroatoms. The normalized spacial score (nSPS) is 16.8. The second-order valence-corrected chi connectivity index (χ2v) is 7.13. The van der Waals surface area contributed by atoms with Crippen LogP contribution in [0, 0.1) is 12.8 Å². The van der Waals surface area contributed by atoms with Crippen molar-refractivity contribution < 1.29 is 9.53 Å². The molecule has 0 bridgehead atoms. The van der Waals surface area contributed by atoms with E-state index in [1.807, 2.05) is 65.0 Å². The molecule has 2 N–H and O–H groups in total. The van der Waals surface area contributed by atoms with Gasteiger partial charge in [-0.1, -0.05) is 18.2 Å². The highest BCUT2D eigenvalue weighted by atomic mass is 16.5. The molecular weight excluding hydrogens is 340 g/mol. The predicted octanol–water partition coefficient (Wildman–Crippen LogP) is 2.64. The molecule has 1 unspecified atom stereocenters. The fourth-order valence-electron chi connectivity index (χ4n) is 3.53. The van der Waals surface area contributed by atoms with E-state index in [-0.39, 0.29) is 5.91 Å². The molecule has 0 spiro atoms. The molecule has 3 aromatic rings. The molecule has 1 aromatic carbocycles. The van der Waals surface area contributed by atoms with E-state index in [1.54, 1.807) is 0 Å². The second-order valence-electron chi connectivity index (χ2n) is 7.13. The van der Waals surface area contributed by atoms with Gasteiger partial charge in [0.25, 0.3) is 5.91 Å². The van der Waals surface area contributed by atoms with Crippen LogP contribution in [-0.4, -0.2) is 39.8 Å². The summed E-state index contributed by atoms with van der Waals surface area (Å²) in [5.74, 6) is 0.988. The molecular formula is C21H24N4O2. The quantitative estimate of drug-likeness (QED) is 0.755. The molecule has 3 heterocycles. The number of pyridine rings is 1. The lowest BCUT2D eigenvalue weighted by atomic mass is 10.1. The lowest BCUT2D eigenvalue weighted by molar-refractivity contribution is 0.0782. The van der Waals surface area contributed by atoms with Crippen LogP contribution < -0.4 is 10.5 Å². The highest BCUT2D eigenvalue weighted by Crippen LogP contribution is 2.24. The van der Waals surface area contributed by atoms with Crippen LogP contribution in [0.4, 0.5) is 0 Å². The van der Waals surface area contributed by atoms with Crippen molar-refractivity contribution in [2.45, 2.75) is 20.0 Å². The standard InChI is InChI=1S/C21H24N4O2/c1-15-6-7-20-23-17(13-25(20)11-15)14-27-19-5-3-2-4-18(19)21(26)24-9-8-16(10-22)12-24/h2-7,11,13,16H,8-10,12,14,22H2,1H3. The van der Waals surface area contributed by atoms with Crippen LogP contribution in [0.1, 0.15) is 28.0 Å². The molecule has 6 nitrogen and oxygen atoms in total. The van der Waals surface area contributed by atoms with Crippen molar-refractivity contribution in [2.75, 3.05) is 19.6 Å². The third-order valence-corrected chi connectivity index (χ3v) is 5.05. The lowest BCUT2D eigenvalue weighted by Gasteiger charge is -2.18. The second kappa shape index (κ2) is 7.40. The highest BCUT2D eigenvalue weighted by Gasteiger charge is 2.27. The zero-order chi connectivity index (χ0) is 18.8. The van der Waals surface area contributed by atoms with Gasteiger partial charge in [-0.2, -0.15) is 0 Å². The van der Waals surface area contributed by atoms with E-state index in [9.17, 15) is 4.79 Å². The van der Waals surface area contributed by atoms with Gasteiger partial charge in [-0.05, 0) is 49.6 Å². The zero-order valence-electron chi connectivity index (χ0n) is 15.5. The molecule has 1 atom stereocenters. The third-order valence-electron chi connectivity index (χ3n) is 5.05. The third kappa shape index (κ3) is 3.66. The van der Waals surface area contributed by atoms with Crippen molar-refractivity contribution in [3.8, 4) is 5.75 Å². The topological polar surface area (TPSA) is 72.9 Å². The molecule has 1 amide bonds. The van der Waals surface area contributed by atoms with E-state index in [2.05, 4.69) is 4.98 Å². The Morgan fingerprint density at radius 1 is 1.26 bits per heavy atom. The number of benzene rings is 1. The first kappa shape index (κ1) is 17.5. The van der Waals surface area contributed by atoms with E-state index < -0.39 is 0 Å². The van der Waals surface area contributed by atoms with Crippen molar-refractivity contribution in [1.29, 1.82) is 0 Å². The maximum absolute atomic E-state index is 12.9. The maximum atomic E-state index is 12.9. The van der Waals surface area contributed by atoms with E-state index in [0.717, 1.165) is 30.9 Å². The number of para-hydroxylation sites is 1. The Morgan fingerprint density at radius 3 is 2.93 bits per heavy atom. The number of fused-ring (bicyclic) bond motifs is 1. The number of hydrogen-bond donors (Lipinski definition) is 1. The van der Waals surface area contributed by atoms with E-state index in [4.69, 9.17) is 10.5 Å². The number of ether oxygens (including phenoxy) is 1. The largest absolute Gasteiger partial charge is 0.486 e. The van der Waals surface area contributed by atoms with Crippen LogP contribution in [0.2, 0.25) is 0 Å². The number of carbonyl (C=O) groups excluding carboxylic acids is 1. The monoisotopic (exact) mass is 364 g/mol. The van der Waals surface area contributed by atoms with E-state index in [1.165, 1.54) is 5.56 Å². The first-order valence-corrected chi connectivity index (χ1v) is 9.29. The molecule has 2 aromatic heterocycles. The van der Waals surface area contributed by atoms with Crippen LogP contribution in [-0.2, 0) is 6.61 Å². The van der Waals surface area contributed by atoms with Gasteiger partial charge in [-0.3, -0.25) is 4.79 Å². The van der Waals surface area contributed by atoms with Gasteiger partial charge in [0, 0.05) is 25.5 Å². The number of likely N-dealkylation sites (tertiary alicyclic amines) is 1. The summed E-state index contributed by atoms with van der Waals surface area (Å²) in [4.78, 5) is 19.3. The summed E-state index contributed by atoms with van der Waals surface area (Å²) in [6, 6.07) is 11.4. The fourth-order valence-corrected chi connectivity index (χ4v) is 3.53. The smallest absolute Gasteiger partial charge is 0.257 e. The fraction of sp³-hybridized carbons (Fsp3) is 0.333. The van der Waals surface area contributed by atoms with Gasteiger partial charge in [-0.15, -0.1) is 0 Å². The number of nitrogens with two attached hydrogens (primary N) is 1. The average Bonchev–Trinajstić information content (AvgIpc) is 3.32. The molecule has 4 rings (SSSR count). The van der Waals surface area contributed by atoms with Gasteiger partial charge < -0.3 is 19.8 Å². The molecule has 0 radical (unpaired) electrons. The van der Waals surface area contributed by atoms with Gasteiger partial charge in [0.2, 0.25) is 0 Å². The number of amides is 1. The summed E-state index contributed by atoms with van der Waals surface area (Å²) in [5, 5.41) is 0. The Bertz CT molecular complexity index is 966. The summed E-state index contributed by atoms with van der Waals surface area (Å²) in [5.41, 5.74) is 9.22. The molecule has 1 aliphatic rings. The molecule has 27 heavy (non-hydrogen) atoms. The number of aryl methyl sites for hydroxylation is 1. The molecule has 1 fully saturated rings. The maximum Gasteiger partial charge on any atom is 0.257 e. The molecule has 0 saturated carbocycles. The average molecular weight is 364 g/mol. The first-order chi connectivity index (χ1) is 13.1. The summed E-state index contributed by atoms with van der Waals surface area (Å²) in [6.45, 7) is 4.45. The zero-order valence-corrected chi connectivity index (χ0v) is 15.5. The van der Waals surface area contributed by atoms with Crippen molar-refractivity contribution in [2.24, 2.45) is 11.7 Å². The van der Waals surface area contributed by atoms with Crippen LogP contribution in [0.15, 0.2) is 48.8 Å². The Balaban J connectivity index is 1.50. The number of carbonyl (C=O) groups is 1. The van der Waals surface area contributed by atoms with Crippen LogP contribution in [0.3, 0.4) is 0 Å². The number of hydrogen-bond acceptors (Lipinski definition) is 4. The Kier molecular flexibility index (Phi) is 4.81. The number of rotatable bonds is 5. The highest BCUT2D eigenvalue weighted by molar-refractivity contribution is 5.97. The minimum absolute atomic E-state index is 0.00664. The Hall–Kier alpha value is -2.86. The molecule has 1 aliphatic heterocycles. The summed E-state index contributed by atoms with van der Waals surface area (Å²) in [6.07, 6.45) is 4.95. The summed E-state index contributed by atoms with van der Waals surface area (Å²) >= 11 is 0. The Labute approximate surface area is 158 Å². The summed E-state index contributed by atoms with van der Waals surface area (Å²) < 4.78 is 7.96. The number of imidazole rings is 1. The van der Waals surface area contributed by atoms with Crippen molar-refractivity contribution in [3.05, 3.63) is 65.6 Å². The van der Waals surface area contributed by atoms with Crippen molar-refractivity contribution >= 4 is 11.6 Å². The number of aromatic nitrogens is 2. The SMILES string of the molecule is Cc1ccc2nc(COc3ccccc3C(=O)N3CCC(CN)C3)cn2c1. The van der Waals surface area contributed by atoms with E-state index in [0.29, 0.717) is 30.4 Å². The van der Waals surface area contributed by atoms with Gasteiger partial charge in [0.1, 0.15) is 18.0 Å². The molecule has 1 saturated heterocycles. The first-order valence-electron chi connectivity index (χ1n) is 9.29. The molecule has 140 valence electrons. The molecule has 0 aliphatic carbocycles. The van der Waals surface area contributed by atoms with Crippen LogP contribution in [0.5, 0.6) is 5.75 Å². The van der Waals surface area contributed by atoms with Gasteiger partial charge >= 0.3 is 0 Å². The van der Waals surface area contributed by atoms with E-state index >= 15 is 0 Å². The van der Waals surface area contributed by atoms with Gasteiger partial charge in [0.15, 0.2) is 0 Å². The van der Waals surface area contributed by atoms with Gasteiger partial charge in [-0.25, -0.2) is 4.98 Å². The Morgan fingerprint density at radius 2 is 2.11 bits per heavy atom. The van der Waals surface area contributed by atoms with Crippen LogP contribution in [0.25, 0.3) is 5.65 Å². The van der Waals surface area contributed by atoms with Crippen molar-refractivity contribution in [3.63, 3.8) is 0 Å². The van der Waals surface area contributed by atoms with Crippen molar-refractivity contribution in [1.82, 2.24) is 14.3 Å². The van der Waals surface area contributed by atoms with Crippen LogP contribution >= 0.6 is 0 Å². The lowest BCUT2D eigenvalue weighted by Crippen LogP contribution is -2.30. The van der Waals surface area contributed by atoms with Gasteiger partial charge in [0.05, 0.1) is 11.3 Å². The minimum Gasteiger partial charge on any atom is -0.486 e. The minimum atomic E-state index is 0.00664. The summed E-state index contributed by atoms with van der Waals surface area (Å²) in [7, 11) is 0.